The number of benzene rings is 1. The molecular formula is C15H14N4O. The van der Waals surface area contributed by atoms with Crippen molar-refractivity contribution in [2.75, 3.05) is 11.9 Å². The molecule has 4 rings (SSSR count). The molecule has 0 saturated carbocycles. The van der Waals surface area contributed by atoms with Crippen molar-refractivity contribution in [1.29, 1.82) is 0 Å². The van der Waals surface area contributed by atoms with Crippen LogP contribution >= 0.6 is 0 Å². The number of fused-ring (bicyclic) bond motifs is 2. The van der Waals surface area contributed by atoms with Crippen molar-refractivity contribution >= 4 is 11.2 Å². The molecular weight excluding hydrogens is 252 g/mol. The summed E-state index contributed by atoms with van der Waals surface area (Å²) in [6, 6.07) is 8.03. The largest absolute Gasteiger partial charge is 0.435 e. The molecule has 1 aliphatic heterocycles. The summed E-state index contributed by atoms with van der Waals surface area (Å²) >= 11 is 0. The Balaban J connectivity index is 1.78. The molecule has 2 aromatic heterocycles. The normalized spacial score (nSPS) is 13.8. The maximum absolute atomic E-state index is 6.01. The van der Waals surface area contributed by atoms with Crippen LogP contribution in [-0.4, -0.2) is 21.1 Å². The van der Waals surface area contributed by atoms with Crippen LogP contribution < -0.4 is 10.1 Å². The van der Waals surface area contributed by atoms with Gasteiger partial charge in [0.25, 0.3) is 0 Å². The molecule has 0 bridgehead atoms. The number of ether oxygens (including phenoxy) is 1. The lowest BCUT2D eigenvalue weighted by molar-refractivity contribution is 0.465. The minimum atomic E-state index is 0.575. The van der Waals surface area contributed by atoms with Crippen LogP contribution in [0.25, 0.3) is 5.52 Å². The van der Waals surface area contributed by atoms with Gasteiger partial charge in [-0.2, -0.15) is 5.10 Å². The predicted molar refractivity (Wildman–Crippen MR) is 76.3 cm³/mol. The minimum absolute atomic E-state index is 0.575. The Kier molecular flexibility index (Phi) is 2.55. The van der Waals surface area contributed by atoms with Crippen LogP contribution in [-0.2, 0) is 6.42 Å². The van der Waals surface area contributed by atoms with Gasteiger partial charge in [-0.3, -0.25) is 0 Å². The summed E-state index contributed by atoms with van der Waals surface area (Å²) in [7, 11) is 0. The number of para-hydroxylation sites is 1. The Hall–Kier alpha value is -2.56. The summed E-state index contributed by atoms with van der Waals surface area (Å²) < 4.78 is 7.77. The average Bonchev–Trinajstić information content (AvgIpc) is 2.97. The summed E-state index contributed by atoms with van der Waals surface area (Å²) in [5.74, 6) is 1.40. The smallest absolute Gasteiger partial charge is 0.245 e. The fourth-order valence-corrected chi connectivity index (χ4v) is 2.58. The van der Waals surface area contributed by atoms with Crippen LogP contribution in [0.15, 0.2) is 42.9 Å². The molecule has 3 aromatic rings. The Bertz CT molecular complexity index is 765. The van der Waals surface area contributed by atoms with E-state index in [1.165, 1.54) is 5.56 Å². The van der Waals surface area contributed by atoms with Gasteiger partial charge >= 0.3 is 0 Å². The average molecular weight is 266 g/mol. The van der Waals surface area contributed by atoms with Gasteiger partial charge in [0, 0.05) is 18.9 Å². The molecule has 20 heavy (non-hydrogen) atoms. The second-order valence-electron chi connectivity index (χ2n) is 4.82. The number of rotatable bonds is 2. The molecule has 0 amide bonds. The lowest BCUT2D eigenvalue weighted by Gasteiger charge is -2.20. The zero-order chi connectivity index (χ0) is 13.4. The van der Waals surface area contributed by atoms with Crippen LogP contribution in [0.2, 0.25) is 0 Å². The zero-order valence-corrected chi connectivity index (χ0v) is 10.9. The van der Waals surface area contributed by atoms with Crippen LogP contribution in [0.5, 0.6) is 11.6 Å². The van der Waals surface area contributed by atoms with Gasteiger partial charge in [0.2, 0.25) is 5.88 Å². The van der Waals surface area contributed by atoms with Crippen LogP contribution in [0.3, 0.4) is 0 Å². The molecule has 0 aliphatic carbocycles. The first-order valence-electron chi connectivity index (χ1n) is 6.74. The Morgan fingerprint density at radius 2 is 2.20 bits per heavy atom. The molecule has 3 heterocycles. The van der Waals surface area contributed by atoms with E-state index in [4.69, 9.17) is 4.74 Å². The van der Waals surface area contributed by atoms with E-state index in [0.717, 1.165) is 36.3 Å². The first-order valence-corrected chi connectivity index (χ1v) is 6.74. The van der Waals surface area contributed by atoms with Gasteiger partial charge < -0.3 is 10.1 Å². The molecule has 100 valence electrons. The van der Waals surface area contributed by atoms with E-state index in [1.54, 1.807) is 23.1 Å². The first kappa shape index (κ1) is 11.3. The summed E-state index contributed by atoms with van der Waals surface area (Å²) in [6.45, 7) is 0.984. The number of aryl methyl sites for hydroxylation is 1. The highest BCUT2D eigenvalue weighted by Gasteiger charge is 2.15. The van der Waals surface area contributed by atoms with E-state index in [9.17, 15) is 0 Å². The minimum Gasteiger partial charge on any atom is -0.435 e. The fraction of sp³-hybridized carbons (Fsp3) is 0.200. The van der Waals surface area contributed by atoms with Gasteiger partial charge in [0.05, 0.1) is 11.9 Å². The molecule has 5 heteroatoms. The third-order valence-electron chi connectivity index (χ3n) is 3.53. The summed E-state index contributed by atoms with van der Waals surface area (Å²) in [5.41, 5.74) is 3.25. The van der Waals surface area contributed by atoms with Crippen molar-refractivity contribution in [3.05, 3.63) is 48.4 Å². The molecule has 0 radical (unpaired) electrons. The maximum Gasteiger partial charge on any atom is 0.245 e. The summed E-state index contributed by atoms with van der Waals surface area (Å²) in [4.78, 5) is 4.31. The van der Waals surface area contributed by atoms with Crippen molar-refractivity contribution < 1.29 is 4.74 Å². The number of hydrogen-bond donors (Lipinski definition) is 1. The number of hydrogen-bond acceptors (Lipinski definition) is 4. The molecule has 1 aromatic carbocycles. The molecule has 0 atom stereocenters. The Morgan fingerprint density at radius 3 is 3.20 bits per heavy atom. The number of aromatic nitrogens is 3. The van der Waals surface area contributed by atoms with Crippen LogP contribution in [0.4, 0.5) is 5.69 Å². The molecule has 0 unspecified atom stereocenters. The molecule has 0 spiro atoms. The van der Waals surface area contributed by atoms with Crippen LogP contribution in [0, 0.1) is 0 Å². The third kappa shape index (κ3) is 1.79. The first-order chi connectivity index (χ1) is 9.92. The van der Waals surface area contributed by atoms with Gasteiger partial charge in [-0.25, -0.2) is 9.50 Å². The van der Waals surface area contributed by atoms with E-state index < -0.39 is 0 Å². The van der Waals surface area contributed by atoms with Crippen molar-refractivity contribution in [3.8, 4) is 11.6 Å². The third-order valence-corrected chi connectivity index (χ3v) is 3.53. The van der Waals surface area contributed by atoms with Crippen molar-refractivity contribution in [1.82, 2.24) is 14.6 Å². The highest BCUT2D eigenvalue weighted by Crippen LogP contribution is 2.35. The van der Waals surface area contributed by atoms with Crippen LogP contribution in [0.1, 0.15) is 12.0 Å². The van der Waals surface area contributed by atoms with E-state index in [1.807, 2.05) is 18.2 Å². The van der Waals surface area contributed by atoms with Gasteiger partial charge in [-0.15, -0.1) is 0 Å². The van der Waals surface area contributed by atoms with Gasteiger partial charge in [0.1, 0.15) is 5.52 Å². The van der Waals surface area contributed by atoms with E-state index in [2.05, 4.69) is 21.5 Å². The van der Waals surface area contributed by atoms with Gasteiger partial charge in [-0.05, 0) is 30.5 Å². The second-order valence-corrected chi connectivity index (χ2v) is 4.82. The van der Waals surface area contributed by atoms with Gasteiger partial charge in [-0.1, -0.05) is 12.1 Å². The highest BCUT2D eigenvalue weighted by molar-refractivity contribution is 5.65. The second kappa shape index (κ2) is 4.52. The van der Waals surface area contributed by atoms with Crippen molar-refractivity contribution in [2.45, 2.75) is 12.8 Å². The molecule has 1 N–H and O–H groups in total. The maximum atomic E-state index is 6.01. The number of nitrogens with zero attached hydrogens (tertiary/aromatic N) is 3. The Labute approximate surface area is 116 Å². The number of nitrogens with one attached hydrogen (secondary N) is 1. The lowest BCUT2D eigenvalue weighted by Crippen LogP contribution is -2.12. The lowest BCUT2D eigenvalue weighted by atomic mass is 10.0. The number of anilines is 1. The molecule has 1 aliphatic rings. The van der Waals surface area contributed by atoms with Gasteiger partial charge in [0.15, 0.2) is 5.75 Å². The SMILES string of the molecule is c1cc2c(c(Oc3nccn4nccc34)c1)NCCC2. The molecule has 0 fully saturated rings. The molecule has 5 nitrogen and oxygen atoms in total. The molecule has 0 saturated heterocycles. The standard InChI is InChI=1S/C15H14N4O/c1-3-11-4-2-7-16-14(11)13(5-1)20-15-12-6-8-18-19(12)10-9-17-15/h1,3,5-6,8-10,16H,2,4,7H2. The topological polar surface area (TPSA) is 51.5 Å². The monoisotopic (exact) mass is 266 g/mol. The highest BCUT2D eigenvalue weighted by atomic mass is 16.5. The summed E-state index contributed by atoms with van der Waals surface area (Å²) in [5, 5.41) is 7.61. The fourth-order valence-electron chi connectivity index (χ4n) is 2.58. The van der Waals surface area contributed by atoms with Crippen molar-refractivity contribution in [3.63, 3.8) is 0 Å². The summed E-state index contributed by atoms with van der Waals surface area (Å²) in [6.07, 6.45) is 7.48. The van der Waals surface area contributed by atoms with Crippen molar-refractivity contribution in [2.24, 2.45) is 0 Å². The quantitative estimate of drug-likeness (QED) is 0.775. The van der Waals surface area contributed by atoms with E-state index >= 15 is 0 Å². The predicted octanol–water partition coefficient (Wildman–Crippen LogP) is 2.88. The Morgan fingerprint density at radius 1 is 1.20 bits per heavy atom. The van der Waals surface area contributed by atoms with E-state index in [0.29, 0.717) is 5.88 Å². The van der Waals surface area contributed by atoms with E-state index in [-0.39, 0.29) is 0 Å². The zero-order valence-electron chi connectivity index (χ0n) is 10.9.